The molecule has 0 saturated carbocycles. The summed E-state index contributed by atoms with van der Waals surface area (Å²) < 4.78 is 27.7. The Morgan fingerprint density at radius 2 is 1.95 bits per heavy atom. The maximum atomic E-state index is 14.1. The van der Waals surface area contributed by atoms with Crippen LogP contribution in [-0.4, -0.2) is 7.05 Å². The first-order valence-electron chi connectivity index (χ1n) is 5.60. The van der Waals surface area contributed by atoms with Crippen molar-refractivity contribution in [3.8, 4) is 0 Å². The van der Waals surface area contributed by atoms with Crippen molar-refractivity contribution in [2.45, 2.75) is 6.04 Å². The van der Waals surface area contributed by atoms with Crippen LogP contribution in [0.2, 0.25) is 5.02 Å². The second kappa shape index (κ2) is 5.99. The summed E-state index contributed by atoms with van der Waals surface area (Å²) in [5.74, 6) is -0.836. The molecule has 1 nitrogen and oxygen atoms in total. The van der Waals surface area contributed by atoms with Crippen molar-refractivity contribution in [2.75, 3.05) is 7.05 Å². The average molecular weight is 347 g/mol. The van der Waals surface area contributed by atoms with Gasteiger partial charge >= 0.3 is 0 Å². The van der Waals surface area contributed by atoms with E-state index in [0.717, 1.165) is 0 Å². The van der Waals surface area contributed by atoms with Gasteiger partial charge in [-0.3, -0.25) is 0 Å². The molecule has 5 heteroatoms. The van der Waals surface area contributed by atoms with Gasteiger partial charge < -0.3 is 5.32 Å². The van der Waals surface area contributed by atoms with E-state index in [0.29, 0.717) is 15.6 Å². The minimum Gasteiger partial charge on any atom is -0.309 e. The van der Waals surface area contributed by atoms with Gasteiger partial charge in [0.15, 0.2) is 0 Å². The lowest BCUT2D eigenvalue weighted by atomic mass is 9.98. The zero-order valence-electron chi connectivity index (χ0n) is 10.1. The van der Waals surface area contributed by atoms with Crippen LogP contribution in [0.5, 0.6) is 0 Å². The van der Waals surface area contributed by atoms with E-state index in [1.165, 1.54) is 12.1 Å². The number of rotatable bonds is 3. The molecule has 0 heterocycles. The number of nitrogens with one attached hydrogen (secondary N) is 1. The highest BCUT2D eigenvalue weighted by molar-refractivity contribution is 9.10. The molecule has 0 aliphatic heterocycles. The normalized spacial score (nSPS) is 12.5. The van der Waals surface area contributed by atoms with E-state index in [4.69, 9.17) is 11.6 Å². The van der Waals surface area contributed by atoms with Crippen molar-refractivity contribution in [2.24, 2.45) is 0 Å². The first-order valence-corrected chi connectivity index (χ1v) is 6.77. The van der Waals surface area contributed by atoms with Crippen molar-refractivity contribution >= 4 is 27.5 Å². The van der Waals surface area contributed by atoms with Gasteiger partial charge in [0.2, 0.25) is 0 Å². The molecule has 2 aromatic carbocycles. The van der Waals surface area contributed by atoms with E-state index in [2.05, 4.69) is 21.2 Å². The summed E-state index contributed by atoms with van der Waals surface area (Å²) in [6.07, 6.45) is 0. The largest absolute Gasteiger partial charge is 0.309 e. The SMILES string of the molecule is CNC(c1ccc(F)c(Cl)c1)c1cccc(Br)c1F. The molecule has 0 aliphatic carbocycles. The van der Waals surface area contributed by atoms with Crippen LogP contribution >= 0.6 is 27.5 Å². The van der Waals surface area contributed by atoms with Gasteiger partial charge in [-0.25, -0.2) is 8.78 Å². The van der Waals surface area contributed by atoms with E-state index in [1.54, 1.807) is 31.3 Å². The summed E-state index contributed by atoms with van der Waals surface area (Å²) in [6, 6.07) is 9.02. The fourth-order valence-electron chi connectivity index (χ4n) is 1.94. The Labute approximate surface area is 123 Å². The van der Waals surface area contributed by atoms with E-state index in [1.807, 2.05) is 0 Å². The molecule has 0 saturated heterocycles. The molecule has 0 spiro atoms. The minimum atomic E-state index is -0.491. The molecule has 1 N–H and O–H groups in total. The zero-order valence-corrected chi connectivity index (χ0v) is 12.4. The van der Waals surface area contributed by atoms with Crippen LogP contribution in [0.15, 0.2) is 40.9 Å². The Morgan fingerprint density at radius 3 is 2.58 bits per heavy atom. The lowest BCUT2D eigenvalue weighted by Gasteiger charge is -2.18. The van der Waals surface area contributed by atoms with Gasteiger partial charge in [-0.15, -0.1) is 0 Å². The summed E-state index contributed by atoms with van der Waals surface area (Å²) in [5, 5.41) is 3.03. The fraction of sp³-hybridized carbons (Fsp3) is 0.143. The molecule has 19 heavy (non-hydrogen) atoms. The van der Waals surface area contributed by atoms with E-state index in [9.17, 15) is 8.78 Å². The van der Waals surface area contributed by atoms with Gasteiger partial charge in [0, 0.05) is 5.56 Å². The van der Waals surface area contributed by atoms with E-state index >= 15 is 0 Å². The standard InChI is InChI=1S/C14H11BrClF2N/c1-19-14(8-5-6-12(17)11(16)7-8)9-3-2-4-10(15)13(9)18/h2-7,14,19H,1H3. The first kappa shape index (κ1) is 14.4. The minimum absolute atomic E-state index is 0.0214. The molecule has 100 valence electrons. The predicted molar refractivity (Wildman–Crippen MR) is 76.4 cm³/mol. The highest BCUT2D eigenvalue weighted by Crippen LogP contribution is 2.30. The fourth-order valence-corrected chi connectivity index (χ4v) is 2.51. The van der Waals surface area contributed by atoms with Gasteiger partial charge in [-0.2, -0.15) is 0 Å². The van der Waals surface area contributed by atoms with Crippen LogP contribution in [0.1, 0.15) is 17.2 Å². The Hall–Kier alpha value is -0.970. The van der Waals surface area contributed by atoms with Crippen molar-refractivity contribution in [1.82, 2.24) is 5.32 Å². The van der Waals surface area contributed by atoms with Gasteiger partial charge in [-0.1, -0.05) is 29.8 Å². The van der Waals surface area contributed by atoms with Gasteiger partial charge in [-0.05, 0) is 46.7 Å². The van der Waals surface area contributed by atoms with Crippen LogP contribution in [0, 0.1) is 11.6 Å². The number of benzene rings is 2. The summed E-state index contributed by atoms with van der Waals surface area (Å²) in [6.45, 7) is 0. The second-order valence-electron chi connectivity index (χ2n) is 4.04. The molecule has 0 amide bonds. The number of hydrogen-bond donors (Lipinski definition) is 1. The summed E-state index contributed by atoms with van der Waals surface area (Å²) in [4.78, 5) is 0. The number of halogens is 4. The topological polar surface area (TPSA) is 12.0 Å². The quantitative estimate of drug-likeness (QED) is 0.850. The molecule has 0 radical (unpaired) electrons. The molecule has 1 unspecified atom stereocenters. The summed E-state index contributed by atoms with van der Waals surface area (Å²) >= 11 is 8.92. The predicted octanol–water partition coefficient (Wildman–Crippen LogP) is 4.69. The molecule has 0 bridgehead atoms. The van der Waals surface area contributed by atoms with Crippen molar-refractivity contribution < 1.29 is 8.78 Å². The average Bonchev–Trinajstić information content (AvgIpc) is 2.39. The second-order valence-corrected chi connectivity index (χ2v) is 5.30. The van der Waals surface area contributed by atoms with Crippen LogP contribution in [0.3, 0.4) is 0 Å². The van der Waals surface area contributed by atoms with Crippen LogP contribution in [-0.2, 0) is 0 Å². The van der Waals surface area contributed by atoms with Crippen molar-refractivity contribution in [1.29, 1.82) is 0 Å². The Balaban J connectivity index is 2.50. The van der Waals surface area contributed by atoms with Crippen molar-refractivity contribution in [3.05, 3.63) is 68.7 Å². The van der Waals surface area contributed by atoms with Crippen LogP contribution in [0.25, 0.3) is 0 Å². The Kier molecular flexibility index (Phi) is 4.55. The molecular formula is C14H11BrClF2N. The molecule has 0 fully saturated rings. The number of hydrogen-bond acceptors (Lipinski definition) is 1. The van der Waals surface area contributed by atoms with Crippen molar-refractivity contribution in [3.63, 3.8) is 0 Å². The third-order valence-corrected chi connectivity index (χ3v) is 3.76. The van der Waals surface area contributed by atoms with E-state index in [-0.39, 0.29) is 10.8 Å². The lowest BCUT2D eigenvalue weighted by Crippen LogP contribution is -2.19. The summed E-state index contributed by atoms with van der Waals surface area (Å²) in [7, 11) is 1.71. The molecule has 0 aliphatic rings. The van der Waals surface area contributed by atoms with Crippen LogP contribution in [0.4, 0.5) is 8.78 Å². The maximum Gasteiger partial charge on any atom is 0.142 e. The molecule has 2 aromatic rings. The molecular weight excluding hydrogens is 336 g/mol. The Morgan fingerprint density at radius 1 is 1.21 bits per heavy atom. The third-order valence-electron chi connectivity index (χ3n) is 2.86. The maximum absolute atomic E-state index is 14.1. The monoisotopic (exact) mass is 345 g/mol. The van der Waals surface area contributed by atoms with E-state index < -0.39 is 11.9 Å². The Bertz CT molecular complexity index is 604. The smallest absolute Gasteiger partial charge is 0.142 e. The molecule has 1 atom stereocenters. The third kappa shape index (κ3) is 2.96. The first-order chi connectivity index (χ1) is 9.04. The van der Waals surface area contributed by atoms with Gasteiger partial charge in [0.1, 0.15) is 11.6 Å². The molecule has 2 rings (SSSR count). The zero-order chi connectivity index (χ0) is 14.0. The highest BCUT2D eigenvalue weighted by Gasteiger charge is 2.18. The summed E-state index contributed by atoms with van der Waals surface area (Å²) in [5.41, 5.74) is 1.17. The van der Waals surface area contributed by atoms with Gasteiger partial charge in [0.05, 0.1) is 15.5 Å². The highest BCUT2D eigenvalue weighted by atomic mass is 79.9. The van der Waals surface area contributed by atoms with Crippen LogP contribution < -0.4 is 5.32 Å². The molecule has 0 aromatic heterocycles. The van der Waals surface area contributed by atoms with Gasteiger partial charge in [0.25, 0.3) is 0 Å². The lowest BCUT2D eigenvalue weighted by molar-refractivity contribution is 0.570.